The van der Waals surface area contributed by atoms with Crippen molar-refractivity contribution in [2.24, 2.45) is 5.41 Å². The van der Waals surface area contributed by atoms with E-state index in [1.807, 2.05) is 37.2 Å². The molecule has 0 radical (unpaired) electrons. The van der Waals surface area contributed by atoms with Gasteiger partial charge in [0.15, 0.2) is 5.76 Å². The molecular formula is C20H28N4O2. The van der Waals surface area contributed by atoms with Crippen molar-refractivity contribution in [2.75, 3.05) is 13.1 Å². The lowest BCUT2D eigenvalue weighted by Crippen LogP contribution is -2.39. The van der Waals surface area contributed by atoms with Crippen molar-refractivity contribution in [1.82, 2.24) is 19.8 Å². The summed E-state index contributed by atoms with van der Waals surface area (Å²) in [5.74, 6) is 2.21. The lowest BCUT2D eigenvalue weighted by Gasteiger charge is -2.29. The van der Waals surface area contributed by atoms with Crippen LogP contribution in [0.2, 0.25) is 0 Å². The van der Waals surface area contributed by atoms with E-state index < -0.39 is 0 Å². The van der Waals surface area contributed by atoms with Gasteiger partial charge in [0.25, 0.3) is 5.91 Å². The number of nitrogens with zero attached hydrogens (tertiary/aromatic N) is 3. The summed E-state index contributed by atoms with van der Waals surface area (Å²) in [5, 5.41) is 3.44. The molecule has 1 aliphatic heterocycles. The van der Waals surface area contributed by atoms with E-state index >= 15 is 0 Å². The van der Waals surface area contributed by atoms with Crippen molar-refractivity contribution < 1.29 is 9.21 Å². The number of aromatic nitrogens is 2. The third-order valence-electron chi connectivity index (χ3n) is 6.07. The van der Waals surface area contributed by atoms with Gasteiger partial charge in [-0.05, 0) is 64.6 Å². The van der Waals surface area contributed by atoms with Gasteiger partial charge in [0.2, 0.25) is 0 Å². The van der Waals surface area contributed by atoms with Gasteiger partial charge in [0, 0.05) is 30.5 Å². The minimum Gasteiger partial charge on any atom is -0.456 e. The lowest BCUT2D eigenvalue weighted by molar-refractivity contribution is 0.0650. The number of furan rings is 1. The fraction of sp³-hybridized carbons (Fsp3) is 0.600. The van der Waals surface area contributed by atoms with E-state index in [1.165, 1.54) is 0 Å². The molecule has 1 saturated heterocycles. The highest BCUT2D eigenvalue weighted by molar-refractivity contribution is 5.93. The maximum atomic E-state index is 13.4. The Hall–Kier alpha value is -2.08. The van der Waals surface area contributed by atoms with Gasteiger partial charge in [-0.1, -0.05) is 0 Å². The first-order valence-electron chi connectivity index (χ1n) is 9.63. The molecule has 1 unspecified atom stereocenters. The number of rotatable bonds is 5. The second-order valence-electron chi connectivity index (χ2n) is 7.76. The Balaban J connectivity index is 1.63. The highest BCUT2D eigenvalue weighted by Gasteiger charge is 2.58. The standard InChI is InChI=1S/C20H28N4O2/c1-4-23-10-9-22-17(23)13-24(16-12-20(16)5-7-21-8-6-20)19(25)18-14(2)11-15(3)26-18/h9-11,16,21H,4-8,12-13H2,1-3H3. The summed E-state index contributed by atoms with van der Waals surface area (Å²) in [6.07, 6.45) is 7.16. The van der Waals surface area contributed by atoms with E-state index in [1.54, 1.807) is 0 Å². The first kappa shape index (κ1) is 17.3. The number of hydrogen-bond acceptors (Lipinski definition) is 4. The molecule has 2 aromatic rings. The molecule has 1 spiro atoms. The maximum absolute atomic E-state index is 13.4. The number of nitrogens with one attached hydrogen (secondary N) is 1. The summed E-state index contributed by atoms with van der Waals surface area (Å²) in [4.78, 5) is 19.9. The number of carbonyl (C=O) groups is 1. The molecular weight excluding hydrogens is 328 g/mol. The predicted octanol–water partition coefficient (Wildman–Crippen LogP) is 2.90. The Morgan fingerprint density at radius 1 is 1.42 bits per heavy atom. The first-order valence-corrected chi connectivity index (χ1v) is 9.63. The molecule has 26 heavy (non-hydrogen) atoms. The van der Waals surface area contributed by atoms with Gasteiger partial charge in [-0.3, -0.25) is 4.79 Å². The van der Waals surface area contributed by atoms with Crippen LogP contribution in [0.4, 0.5) is 0 Å². The van der Waals surface area contributed by atoms with E-state index in [0.29, 0.717) is 12.3 Å². The zero-order chi connectivity index (χ0) is 18.3. The summed E-state index contributed by atoms with van der Waals surface area (Å²) >= 11 is 0. The third-order valence-corrected chi connectivity index (χ3v) is 6.07. The molecule has 1 atom stereocenters. The predicted molar refractivity (Wildman–Crippen MR) is 98.9 cm³/mol. The topological polar surface area (TPSA) is 63.3 Å². The Labute approximate surface area is 154 Å². The maximum Gasteiger partial charge on any atom is 0.290 e. The average Bonchev–Trinajstić information content (AvgIpc) is 2.97. The molecule has 0 aromatic carbocycles. The molecule has 1 aliphatic carbocycles. The number of aryl methyl sites for hydroxylation is 3. The Kier molecular flexibility index (Phi) is 4.39. The van der Waals surface area contributed by atoms with Crippen LogP contribution in [0, 0.1) is 19.3 Å². The van der Waals surface area contributed by atoms with Crippen LogP contribution >= 0.6 is 0 Å². The summed E-state index contributed by atoms with van der Waals surface area (Å²) in [6, 6.07) is 2.22. The molecule has 6 nitrogen and oxygen atoms in total. The monoisotopic (exact) mass is 356 g/mol. The van der Waals surface area contributed by atoms with Crippen molar-refractivity contribution >= 4 is 5.91 Å². The molecule has 3 heterocycles. The van der Waals surface area contributed by atoms with E-state index in [2.05, 4.69) is 21.8 Å². The number of hydrogen-bond donors (Lipinski definition) is 1. The first-order chi connectivity index (χ1) is 12.5. The van der Waals surface area contributed by atoms with Crippen molar-refractivity contribution in [3.63, 3.8) is 0 Å². The van der Waals surface area contributed by atoms with Crippen LogP contribution in [0.1, 0.15) is 53.9 Å². The second kappa shape index (κ2) is 6.58. The Morgan fingerprint density at radius 3 is 2.85 bits per heavy atom. The van der Waals surface area contributed by atoms with Gasteiger partial charge in [-0.25, -0.2) is 4.98 Å². The number of amides is 1. The van der Waals surface area contributed by atoms with E-state index in [9.17, 15) is 4.79 Å². The lowest BCUT2D eigenvalue weighted by atomic mass is 9.93. The Morgan fingerprint density at radius 2 is 2.19 bits per heavy atom. The molecule has 2 aromatic heterocycles. The summed E-state index contributed by atoms with van der Waals surface area (Å²) in [7, 11) is 0. The van der Waals surface area contributed by atoms with Crippen molar-refractivity contribution in [3.8, 4) is 0 Å². The van der Waals surface area contributed by atoms with Gasteiger partial charge in [0.05, 0.1) is 6.54 Å². The molecule has 1 saturated carbocycles. The van der Waals surface area contributed by atoms with Gasteiger partial charge in [-0.2, -0.15) is 0 Å². The Bertz CT molecular complexity index is 801. The second-order valence-corrected chi connectivity index (χ2v) is 7.76. The largest absolute Gasteiger partial charge is 0.456 e. The van der Waals surface area contributed by atoms with E-state index in [4.69, 9.17) is 4.42 Å². The number of imidazole rings is 1. The molecule has 0 bridgehead atoms. The van der Waals surface area contributed by atoms with Crippen molar-refractivity contribution in [1.29, 1.82) is 0 Å². The summed E-state index contributed by atoms with van der Waals surface area (Å²) in [5.41, 5.74) is 1.19. The van der Waals surface area contributed by atoms with Crippen LogP contribution in [0.15, 0.2) is 22.9 Å². The number of piperidine rings is 1. The number of carbonyl (C=O) groups excluding carboxylic acids is 1. The molecule has 1 N–H and O–H groups in total. The smallest absolute Gasteiger partial charge is 0.290 e. The van der Waals surface area contributed by atoms with Crippen LogP contribution in [0.3, 0.4) is 0 Å². The zero-order valence-electron chi connectivity index (χ0n) is 15.9. The third kappa shape index (κ3) is 2.96. The van der Waals surface area contributed by atoms with Gasteiger partial charge in [-0.15, -0.1) is 0 Å². The van der Waals surface area contributed by atoms with Crippen LogP contribution in [0.25, 0.3) is 0 Å². The highest BCUT2D eigenvalue weighted by atomic mass is 16.4. The van der Waals surface area contributed by atoms with Gasteiger partial charge in [0.1, 0.15) is 11.6 Å². The quantitative estimate of drug-likeness (QED) is 0.895. The van der Waals surface area contributed by atoms with Gasteiger partial charge < -0.3 is 19.2 Å². The minimum absolute atomic E-state index is 0.00154. The zero-order valence-corrected chi connectivity index (χ0v) is 15.9. The summed E-state index contributed by atoms with van der Waals surface area (Å²) < 4.78 is 7.86. The summed E-state index contributed by atoms with van der Waals surface area (Å²) in [6.45, 7) is 9.42. The van der Waals surface area contributed by atoms with E-state index in [0.717, 1.165) is 56.0 Å². The molecule has 2 aliphatic rings. The van der Waals surface area contributed by atoms with Crippen LogP contribution in [-0.4, -0.2) is 39.5 Å². The molecule has 6 heteroatoms. The molecule has 140 valence electrons. The SMILES string of the molecule is CCn1ccnc1CN(C(=O)c1oc(C)cc1C)C1CC12CCNCC2. The normalized spacial score (nSPS) is 21.1. The molecule has 1 amide bonds. The van der Waals surface area contributed by atoms with E-state index in [-0.39, 0.29) is 17.4 Å². The average molecular weight is 356 g/mol. The van der Waals surface area contributed by atoms with Crippen LogP contribution in [-0.2, 0) is 13.1 Å². The van der Waals surface area contributed by atoms with Crippen LogP contribution in [0.5, 0.6) is 0 Å². The van der Waals surface area contributed by atoms with Gasteiger partial charge >= 0.3 is 0 Å². The fourth-order valence-corrected chi connectivity index (χ4v) is 4.47. The van der Waals surface area contributed by atoms with Crippen LogP contribution < -0.4 is 5.32 Å². The molecule has 4 rings (SSSR count). The highest BCUT2D eigenvalue weighted by Crippen LogP contribution is 2.56. The molecule has 2 fully saturated rings. The van der Waals surface area contributed by atoms with Crippen molar-refractivity contribution in [2.45, 2.75) is 59.2 Å². The van der Waals surface area contributed by atoms with Crippen molar-refractivity contribution in [3.05, 3.63) is 41.4 Å². The minimum atomic E-state index is 0.00154. The fourth-order valence-electron chi connectivity index (χ4n) is 4.47.